The van der Waals surface area contributed by atoms with Crippen LogP contribution in [-0.4, -0.2) is 29.3 Å². The summed E-state index contributed by atoms with van der Waals surface area (Å²) >= 11 is 0. The summed E-state index contributed by atoms with van der Waals surface area (Å²) in [5.41, 5.74) is 5.45. The summed E-state index contributed by atoms with van der Waals surface area (Å²) in [7, 11) is 0. The molecule has 0 aliphatic heterocycles. The van der Waals surface area contributed by atoms with Crippen LogP contribution in [0.15, 0.2) is 42.5 Å². The first-order valence-corrected chi connectivity index (χ1v) is 10.0. The van der Waals surface area contributed by atoms with Gasteiger partial charge in [-0.05, 0) is 50.8 Å². The molecule has 0 radical (unpaired) electrons. The molecular weight excluding hydrogens is 348 g/mol. The van der Waals surface area contributed by atoms with E-state index in [4.69, 9.17) is 0 Å². The highest BCUT2D eigenvalue weighted by Gasteiger charge is 2.28. The lowest BCUT2D eigenvalue weighted by Gasteiger charge is -2.31. The fourth-order valence-electron chi connectivity index (χ4n) is 3.36. The monoisotopic (exact) mass is 380 g/mol. The van der Waals surface area contributed by atoms with Crippen LogP contribution < -0.4 is 5.32 Å². The van der Waals surface area contributed by atoms with Gasteiger partial charge in [-0.1, -0.05) is 60.5 Å². The van der Waals surface area contributed by atoms with Crippen molar-refractivity contribution in [2.45, 2.75) is 60.0 Å². The number of hydrogen-bond acceptors (Lipinski definition) is 2. The van der Waals surface area contributed by atoms with Crippen molar-refractivity contribution in [3.63, 3.8) is 0 Å². The third-order valence-corrected chi connectivity index (χ3v) is 5.06. The van der Waals surface area contributed by atoms with Gasteiger partial charge in [0.1, 0.15) is 6.04 Å². The van der Waals surface area contributed by atoms with Crippen LogP contribution in [0.1, 0.15) is 48.1 Å². The van der Waals surface area contributed by atoms with Crippen molar-refractivity contribution >= 4 is 11.8 Å². The van der Waals surface area contributed by atoms with E-state index in [0.717, 1.165) is 22.3 Å². The zero-order valence-corrected chi connectivity index (χ0v) is 17.7. The van der Waals surface area contributed by atoms with E-state index < -0.39 is 6.04 Å². The molecule has 4 heteroatoms. The van der Waals surface area contributed by atoms with Crippen molar-refractivity contribution in [3.8, 4) is 0 Å². The number of rotatable bonds is 8. The predicted molar refractivity (Wildman–Crippen MR) is 114 cm³/mol. The van der Waals surface area contributed by atoms with Crippen LogP contribution in [0.3, 0.4) is 0 Å². The van der Waals surface area contributed by atoms with Crippen LogP contribution in [0.4, 0.5) is 0 Å². The molecule has 2 aromatic carbocycles. The second kappa shape index (κ2) is 10.1. The van der Waals surface area contributed by atoms with Gasteiger partial charge in [-0.15, -0.1) is 0 Å². The number of nitrogens with zero attached hydrogens (tertiary/aromatic N) is 1. The lowest BCUT2D eigenvalue weighted by atomic mass is 10.0. The Bertz CT molecular complexity index is 812. The summed E-state index contributed by atoms with van der Waals surface area (Å²) in [5, 5.41) is 2.88. The summed E-state index contributed by atoms with van der Waals surface area (Å²) in [6.45, 7) is 10.9. The molecule has 2 aromatic rings. The van der Waals surface area contributed by atoms with Gasteiger partial charge < -0.3 is 10.2 Å². The van der Waals surface area contributed by atoms with E-state index in [-0.39, 0.29) is 11.8 Å². The van der Waals surface area contributed by atoms with Crippen LogP contribution in [0, 0.1) is 20.8 Å². The van der Waals surface area contributed by atoms with Crippen LogP contribution >= 0.6 is 0 Å². The lowest BCUT2D eigenvalue weighted by Crippen LogP contribution is -2.49. The maximum absolute atomic E-state index is 13.3. The Morgan fingerprint density at radius 1 is 0.964 bits per heavy atom. The number of aryl methyl sites for hydroxylation is 3. The maximum Gasteiger partial charge on any atom is 0.242 e. The minimum absolute atomic E-state index is 0.0209. The highest BCUT2D eigenvalue weighted by Crippen LogP contribution is 2.17. The third kappa shape index (κ3) is 5.69. The Balaban J connectivity index is 2.32. The average molecular weight is 381 g/mol. The van der Waals surface area contributed by atoms with Crippen LogP contribution in [0.2, 0.25) is 0 Å². The molecule has 0 aliphatic carbocycles. The van der Waals surface area contributed by atoms with Crippen molar-refractivity contribution in [1.29, 1.82) is 0 Å². The number of carbonyl (C=O) groups is 2. The van der Waals surface area contributed by atoms with Gasteiger partial charge in [0, 0.05) is 13.1 Å². The van der Waals surface area contributed by atoms with Crippen molar-refractivity contribution in [2.24, 2.45) is 0 Å². The van der Waals surface area contributed by atoms with Crippen LogP contribution in [0.25, 0.3) is 0 Å². The summed E-state index contributed by atoms with van der Waals surface area (Å²) < 4.78 is 0. The fraction of sp³-hybridized carbons (Fsp3) is 0.417. The molecular formula is C24H32N2O2. The van der Waals surface area contributed by atoms with Crippen LogP contribution in [-0.2, 0) is 22.6 Å². The molecule has 150 valence electrons. The average Bonchev–Trinajstić information content (AvgIpc) is 2.66. The van der Waals surface area contributed by atoms with E-state index in [1.807, 2.05) is 65.0 Å². The third-order valence-electron chi connectivity index (χ3n) is 5.06. The summed E-state index contributed by atoms with van der Waals surface area (Å²) in [6, 6.07) is 13.8. The number of hydrogen-bond donors (Lipinski definition) is 1. The van der Waals surface area contributed by atoms with E-state index in [1.165, 1.54) is 5.56 Å². The number of benzene rings is 2. The second-order valence-corrected chi connectivity index (χ2v) is 7.43. The second-order valence-electron chi connectivity index (χ2n) is 7.43. The topological polar surface area (TPSA) is 49.4 Å². The van der Waals surface area contributed by atoms with E-state index >= 15 is 0 Å². The molecule has 2 amide bonds. The zero-order valence-electron chi connectivity index (χ0n) is 17.7. The van der Waals surface area contributed by atoms with E-state index in [0.29, 0.717) is 25.9 Å². The first-order valence-electron chi connectivity index (χ1n) is 10.0. The van der Waals surface area contributed by atoms with Gasteiger partial charge in [-0.2, -0.15) is 0 Å². The van der Waals surface area contributed by atoms with E-state index in [1.54, 1.807) is 4.90 Å². The molecule has 0 saturated heterocycles. The molecule has 1 atom stereocenters. The number of amides is 2. The summed E-state index contributed by atoms with van der Waals surface area (Å²) in [6.07, 6.45) is 0.880. The molecule has 28 heavy (non-hydrogen) atoms. The zero-order chi connectivity index (χ0) is 20.7. The van der Waals surface area contributed by atoms with Gasteiger partial charge in [0.05, 0.1) is 6.42 Å². The van der Waals surface area contributed by atoms with Crippen LogP contribution in [0.5, 0.6) is 0 Å². The Morgan fingerprint density at radius 2 is 1.61 bits per heavy atom. The molecule has 0 aromatic heterocycles. The summed E-state index contributed by atoms with van der Waals surface area (Å²) in [4.78, 5) is 27.7. The largest absolute Gasteiger partial charge is 0.355 e. The summed E-state index contributed by atoms with van der Waals surface area (Å²) in [5.74, 6) is -0.112. The number of carbonyl (C=O) groups excluding carboxylic acids is 2. The lowest BCUT2D eigenvalue weighted by molar-refractivity contribution is -0.140. The number of likely N-dealkylation sites (N-methyl/N-ethyl adjacent to an activating group) is 1. The van der Waals surface area contributed by atoms with Crippen molar-refractivity contribution < 1.29 is 9.59 Å². The molecule has 0 fully saturated rings. The minimum atomic E-state index is -0.473. The van der Waals surface area contributed by atoms with Gasteiger partial charge in [0.2, 0.25) is 11.8 Å². The van der Waals surface area contributed by atoms with Gasteiger partial charge >= 0.3 is 0 Å². The molecule has 0 spiro atoms. The predicted octanol–water partition coefficient (Wildman–Crippen LogP) is 4.10. The van der Waals surface area contributed by atoms with Gasteiger partial charge in [0.15, 0.2) is 0 Å². The molecule has 0 aliphatic rings. The molecule has 0 heterocycles. The van der Waals surface area contributed by atoms with Crippen molar-refractivity contribution in [3.05, 3.63) is 70.3 Å². The molecule has 0 unspecified atom stereocenters. The first-order chi connectivity index (χ1) is 13.3. The fourth-order valence-corrected chi connectivity index (χ4v) is 3.36. The molecule has 0 bridgehead atoms. The quantitative estimate of drug-likeness (QED) is 0.750. The Hall–Kier alpha value is -2.62. The maximum atomic E-state index is 13.3. The first kappa shape index (κ1) is 21.7. The standard InChI is InChI=1S/C24H32N2O2/c1-6-22(24(28)25-7-2)26(16-20-12-9-17(3)10-13-20)23(27)15-21-14-18(4)8-11-19(21)5/h8-14,22H,6-7,15-16H2,1-5H3,(H,25,28)/t22-/m0/s1. The van der Waals surface area contributed by atoms with E-state index in [2.05, 4.69) is 17.4 Å². The molecule has 2 rings (SSSR count). The highest BCUT2D eigenvalue weighted by atomic mass is 16.2. The van der Waals surface area contributed by atoms with Gasteiger partial charge in [-0.25, -0.2) is 0 Å². The highest BCUT2D eigenvalue weighted by molar-refractivity contribution is 5.88. The molecule has 4 nitrogen and oxygen atoms in total. The Kier molecular flexibility index (Phi) is 7.80. The molecule has 1 N–H and O–H groups in total. The Labute approximate surface area is 169 Å². The van der Waals surface area contributed by atoms with Crippen molar-refractivity contribution in [1.82, 2.24) is 10.2 Å². The van der Waals surface area contributed by atoms with Gasteiger partial charge in [0.25, 0.3) is 0 Å². The Morgan fingerprint density at radius 3 is 2.21 bits per heavy atom. The smallest absolute Gasteiger partial charge is 0.242 e. The van der Waals surface area contributed by atoms with Crippen molar-refractivity contribution in [2.75, 3.05) is 6.54 Å². The normalized spacial score (nSPS) is 11.8. The SMILES string of the molecule is CCNC(=O)[C@H](CC)N(Cc1ccc(C)cc1)C(=O)Cc1cc(C)ccc1C. The minimum Gasteiger partial charge on any atom is -0.355 e. The van der Waals surface area contributed by atoms with Gasteiger partial charge in [-0.3, -0.25) is 9.59 Å². The van der Waals surface area contributed by atoms with E-state index in [9.17, 15) is 9.59 Å². The number of nitrogens with one attached hydrogen (secondary N) is 1. The molecule has 0 saturated carbocycles.